The Morgan fingerprint density at radius 1 is 1.00 bits per heavy atom. The summed E-state index contributed by atoms with van der Waals surface area (Å²) in [5, 5.41) is 4.78. The summed E-state index contributed by atoms with van der Waals surface area (Å²) >= 11 is 6.70. The van der Waals surface area contributed by atoms with Gasteiger partial charge in [-0.3, -0.25) is 9.48 Å². The third-order valence-electron chi connectivity index (χ3n) is 9.86. The van der Waals surface area contributed by atoms with Crippen LogP contribution in [0.15, 0.2) is 66.7 Å². The topological polar surface area (TPSA) is 145 Å². The van der Waals surface area contributed by atoms with Gasteiger partial charge in [0.25, 0.3) is 0 Å². The third-order valence-corrected chi connectivity index (χ3v) is 13.8. The van der Waals surface area contributed by atoms with Gasteiger partial charge in [0.05, 0.1) is 50.4 Å². The zero-order valence-electron chi connectivity index (χ0n) is 31.0. The van der Waals surface area contributed by atoms with E-state index in [1.54, 1.807) is 45.2 Å². The molecule has 0 saturated heterocycles. The number of aryl methyl sites for hydroxylation is 1. The average Bonchev–Trinajstić information content (AvgIpc) is 3.82. The molecule has 0 bridgehead atoms. The van der Waals surface area contributed by atoms with Crippen molar-refractivity contribution in [3.63, 3.8) is 0 Å². The summed E-state index contributed by atoms with van der Waals surface area (Å²) in [5.74, 6) is 3.37. The minimum Gasteiger partial charge on any atom is -0.342 e. The maximum Gasteiger partial charge on any atom is 0.169 e. The SMILES string of the molecule is Cn1nc(CS(C)(=O)=O)c2c(Cl)ccc(-c3ccc(C#CC(C)(C)S(=O)(=O)C4CC4)nc3[C@@H](CC(=O)Cc3nc4ccccc4[nH]3)Cc3cc(F)cc(F)c3)c21. The number of fused-ring (bicyclic) bond motifs is 2. The van der Waals surface area contributed by atoms with Crippen LogP contribution < -0.4 is 0 Å². The first-order valence-electron chi connectivity index (χ1n) is 17.9. The van der Waals surface area contributed by atoms with Gasteiger partial charge < -0.3 is 4.98 Å². The molecule has 10 nitrogen and oxygen atoms in total. The average molecular weight is 818 g/mol. The summed E-state index contributed by atoms with van der Waals surface area (Å²) in [6.07, 6.45) is 2.07. The van der Waals surface area contributed by atoms with Crippen LogP contribution in [-0.4, -0.2) is 63.6 Å². The van der Waals surface area contributed by atoms with Gasteiger partial charge in [0.1, 0.15) is 33.7 Å². The quantitative estimate of drug-likeness (QED) is 0.128. The fourth-order valence-electron chi connectivity index (χ4n) is 7.09. The van der Waals surface area contributed by atoms with Crippen molar-refractivity contribution in [1.29, 1.82) is 0 Å². The Labute approximate surface area is 328 Å². The number of ketones is 1. The molecule has 0 unspecified atom stereocenters. The Morgan fingerprint density at radius 2 is 1.70 bits per heavy atom. The highest BCUT2D eigenvalue weighted by molar-refractivity contribution is 7.93. The van der Waals surface area contributed by atoms with Crippen LogP contribution in [0.5, 0.6) is 0 Å². The monoisotopic (exact) mass is 817 g/mol. The number of carbonyl (C=O) groups excluding carboxylic acids is 1. The van der Waals surface area contributed by atoms with E-state index in [-0.39, 0.29) is 52.8 Å². The Balaban J connectivity index is 1.40. The van der Waals surface area contributed by atoms with Crippen LogP contribution >= 0.6 is 11.6 Å². The number of nitrogens with zero attached hydrogens (tertiary/aromatic N) is 4. The first-order chi connectivity index (χ1) is 26.4. The second-order valence-electron chi connectivity index (χ2n) is 14.9. The smallest absolute Gasteiger partial charge is 0.169 e. The third kappa shape index (κ3) is 8.26. The number of H-pyrrole nitrogens is 1. The van der Waals surface area contributed by atoms with Crippen LogP contribution in [0.3, 0.4) is 0 Å². The van der Waals surface area contributed by atoms with E-state index in [1.165, 1.54) is 16.8 Å². The number of aromatic amines is 1. The molecule has 1 N–H and O–H groups in total. The number of Topliss-reactive ketones (excluding diaryl/α,β-unsaturated/α-hetero) is 1. The van der Waals surface area contributed by atoms with E-state index < -0.39 is 47.2 Å². The van der Waals surface area contributed by atoms with E-state index in [2.05, 4.69) is 26.9 Å². The number of para-hydroxylation sites is 2. The van der Waals surface area contributed by atoms with Crippen molar-refractivity contribution in [1.82, 2.24) is 24.7 Å². The molecular weight excluding hydrogens is 780 g/mol. The number of hydrogen-bond acceptors (Lipinski definition) is 8. The first kappa shape index (κ1) is 39.3. The van der Waals surface area contributed by atoms with Crippen LogP contribution in [0, 0.1) is 23.5 Å². The fraction of sp³-hybridized carbons (Fsp3) is 0.317. The summed E-state index contributed by atoms with van der Waals surface area (Å²) in [7, 11) is -5.40. The number of aromatic nitrogens is 5. The molecule has 290 valence electrons. The van der Waals surface area contributed by atoms with E-state index >= 15 is 0 Å². The molecular formula is C41H38ClF2N5O5S2. The Kier molecular flexibility index (Phi) is 10.4. The van der Waals surface area contributed by atoms with Crippen LogP contribution in [0.1, 0.15) is 67.5 Å². The molecule has 1 aliphatic rings. The maximum absolute atomic E-state index is 14.6. The Hall–Kier alpha value is -4.97. The highest BCUT2D eigenvalue weighted by Crippen LogP contribution is 2.40. The number of carbonyl (C=O) groups is 1. The summed E-state index contributed by atoms with van der Waals surface area (Å²) in [6.45, 7) is 3.11. The van der Waals surface area contributed by atoms with Gasteiger partial charge in [-0.1, -0.05) is 35.7 Å². The van der Waals surface area contributed by atoms with Crippen molar-refractivity contribution in [2.75, 3.05) is 6.26 Å². The van der Waals surface area contributed by atoms with E-state index in [4.69, 9.17) is 16.6 Å². The lowest BCUT2D eigenvalue weighted by atomic mass is 9.85. The predicted octanol–water partition coefficient (Wildman–Crippen LogP) is 7.22. The van der Waals surface area contributed by atoms with Gasteiger partial charge in [-0.2, -0.15) is 5.10 Å². The van der Waals surface area contributed by atoms with Gasteiger partial charge in [0.2, 0.25) is 0 Å². The molecule has 7 rings (SSSR count). The molecule has 1 saturated carbocycles. The fourth-order valence-corrected chi connectivity index (χ4v) is 9.83. The summed E-state index contributed by atoms with van der Waals surface area (Å²) < 4.78 is 80.6. The van der Waals surface area contributed by atoms with Gasteiger partial charge in [0.15, 0.2) is 19.7 Å². The zero-order valence-corrected chi connectivity index (χ0v) is 33.4. The molecule has 1 atom stereocenters. The number of nitrogens with one attached hydrogen (secondary N) is 1. The lowest BCUT2D eigenvalue weighted by Gasteiger charge is -2.21. The van der Waals surface area contributed by atoms with Gasteiger partial charge in [-0.05, 0) is 87.1 Å². The summed E-state index contributed by atoms with van der Waals surface area (Å²) in [5.41, 5.74) is 4.12. The van der Waals surface area contributed by atoms with Crippen LogP contribution in [-0.2, 0) is 50.1 Å². The van der Waals surface area contributed by atoms with E-state index in [0.717, 1.165) is 17.8 Å². The first-order valence-corrected chi connectivity index (χ1v) is 21.9. The Morgan fingerprint density at radius 3 is 2.38 bits per heavy atom. The highest BCUT2D eigenvalue weighted by Gasteiger charge is 2.45. The van der Waals surface area contributed by atoms with E-state index in [9.17, 15) is 30.4 Å². The number of sulfone groups is 2. The minimum absolute atomic E-state index is 0.0135. The van der Waals surface area contributed by atoms with Crippen molar-refractivity contribution >= 4 is 59.0 Å². The number of benzene rings is 3. The molecule has 0 amide bonds. The van der Waals surface area contributed by atoms with Crippen molar-refractivity contribution in [3.05, 3.63) is 112 Å². The molecule has 1 aliphatic carbocycles. The van der Waals surface area contributed by atoms with Crippen molar-refractivity contribution in [3.8, 4) is 23.0 Å². The number of pyridine rings is 1. The lowest BCUT2D eigenvalue weighted by molar-refractivity contribution is -0.118. The molecule has 3 aromatic carbocycles. The van der Waals surface area contributed by atoms with Gasteiger partial charge in [0, 0.05) is 48.2 Å². The molecule has 1 fully saturated rings. The van der Waals surface area contributed by atoms with Crippen molar-refractivity contribution in [2.24, 2.45) is 7.05 Å². The van der Waals surface area contributed by atoms with Crippen LogP contribution in [0.25, 0.3) is 33.1 Å². The standard InChI is InChI=1S/C41H38ClF2N5O5S2/c1-41(2,56(53,54)30-10-11-30)16-15-28-9-12-31(32-13-14-33(42)38-36(23-55(4,51)52)48-49(3)40(32)38)39(45-28)25(17-24-18-26(43)21-27(44)19-24)20-29(50)22-37-46-34-7-5-6-8-35(34)47-37/h5-9,12-14,18-19,21,25,30H,10-11,17,20,22-23H2,1-4H3,(H,46,47)/t25-/m1/s1. The second-order valence-corrected chi connectivity index (χ2v) is 20.2. The van der Waals surface area contributed by atoms with Gasteiger partial charge in [-0.25, -0.2) is 35.6 Å². The molecule has 6 aromatic rings. The largest absolute Gasteiger partial charge is 0.342 e. The predicted molar refractivity (Wildman–Crippen MR) is 213 cm³/mol. The highest BCUT2D eigenvalue weighted by atomic mass is 35.5. The molecule has 56 heavy (non-hydrogen) atoms. The molecule has 0 aliphatic heterocycles. The molecule has 0 spiro atoms. The minimum atomic E-state index is -3.55. The number of imidazole rings is 1. The normalized spacial score (nSPS) is 14.2. The second kappa shape index (κ2) is 14.8. The van der Waals surface area contributed by atoms with E-state index in [0.29, 0.717) is 51.9 Å². The van der Waals surface area contributed by atoms with Crippen LogP contribution in [0.4, 0.5) is 8.78 Å². The molecule has 3 heterocycles. The summed E-state index contributed by atoms with van der Waals surface area (Å²) in [6, 6.07) is 17.3. The van der Waals surface area contributed by atoms with Crippen LogP contribution in [0.2, 0.25) is 5.02 Å². The molecule has 0 radical (unpaired) electrons. The number of hydrogen-bond donors (Lipinski definition) is 1. The number of rotatable bonds is 12. The van der Waals surface area contributed by atoms with Gasteiger partial charge >= 0.3 is 0 Å². The van der Waals surface area contributed by atoms with Crippen molar-refractivity contribution in [2.45, 2.75) is 67.6 Å². The number of halogens is 3. The summed E-state index contributed by atoms with van der Waals surface area (Å²) in [4.78, 5) is 26.7. The molecule has 3 aromatic heterocycles. The lowest BCUT2D eigenvalue weighted by Crippen LogP contribution is -2.33. The molecule has 15 heteroatoms. The van der Waals surface area contributed by atoms with Gasteiger partial charge in [-0.15, -0.1) is 0 Å². The zero-order chi connectivity index (χ0) is 40.2. The van der Waals surface area contributed by atoms with Crippen molar-refractivity contribution < 1.29 is 30.4 Å². The maximum atomic E-state index is 14.6. The Bertz CT molecular complexity index is 2780. The van der Waals surface area contributed by atoms with E-state index in [1.807, 2.05) is 24.3 Å².